The maximum absolute atomic E-state index is 11.4. The van der Waals surface area contributed by atoms with Crippen LogP contribution in [0.2, 0.25) is 0 Å². The molecule has 2 heterocycles. The lowest BCUT2D eigenvalue weighted by Gasteiger charge is -2.32. The van der Waals surface area contributed by atoms with Crippen LogP contribution < -0.4 is 5.32 Å². The normalized spacial score (nSPS) is 40.5. The van der Waals surface area contributed by atoms with Gasteiger partial charge in [-0.25, -0.2) is 8.42 Å². The van der Waals surface area contributed by atoms with Crippen molar-refractivity contribution in [2.24, 2.45) is 0 Å². The second kappa shape index (κ2) is 4.26. The SMILES string of the molecule is CC1(NC2CCCSC2)CCS(=O)(=O)C1. The van der Waals surface area contributed by atoms with Crippen molar-refractivity contribution in [1.29, 1.82) is 0 Å². The zero-order valence-corrected chi connectivity index (χ0v) is 10.8. The molecule has 15 heavy (non-hydrogen) atoms. The molecule has 3 nitrogen and oxygen atoms in total. The third kappa shape index (κ3) is 3.11. The monoisotopic (exact) mass is 249 g/mol. The van der Waals surface area contributed by atoms with Gasteiger partial charge in [0.15, 0.2) is 9.84 Å². The number of nitrogens with one attached hydrogen (secondary N) is 1. The highest BCUT2D eigenvalue weighted by Crippen LogP contribution is 2.26. The van der Waals surface area contributed by atoms with E-state index in [-0.39, 0.29) is 5.54 Å². The Morgan fingerprint density at radius 3 is 2.80 bits per heavy atom. The molecule has 0 aromatic carbocycles. The van der Waals surface area contributed by atoms with Gasteiger partial charge in [-0.3, -0.25) is 0 Å². The van der Waals surface area contributed by atoms with Crippen molar-refractivity contribution in [3.8, 4) is 0 Å². The molecule has 0 aromatic heterocycles. The van der Waals surface area contributed by atoms with Crippen LogP contribution in [0.25, 0.3) is 0 Å². The van der Waals surface area contributed by atoms with Gasteiger partial charge >= 0.3 is 0 Å². The van der Waals surface area contributed by atoms with Crippen LogP contribution in [0.5, 0.6) is 0 Å². The molecule has 2 aliphatic rings. The molecule has 2 fully saturated rings. The van der Waals surface area contributed by atoms with Crippen LogP contribution in [0.4, 0.5) is 0 Å². The fourth-order valence-electron chi connectivity index (χ4n) is 2.47. The van der Waals surface area contributed by atoms with Gasteiger partial charge < -0.3 is 5.32 Å². The Labute approximate surface area is 96.3 Å². The number of thioether (sulfide) groups is 1. The molecule has 2 saturated heterocycles. The van der Waals surface area contributed by atoms with Crippen molar-refractivity contribution in [3.63, 3.8) is 0 Å². The lowest BCUT2D eigenvalue weighted by molar-refractivity contribution is 0.340. The number of hydrogen-bond acceptors (Lipinski definition) is 4. The Morgan fingerprint density at radius 2 is 2.27 bits per heavy atom. The topological polar surface area (TPSA) is 46.2 Å². The van der Waals surface area contributed by atoms with Gasteiger partial charge in [0.25, 0.3) is 0 Å². The molecule has 0 aromatic rings. The quantitative estimate of drug-likeness (QED) is 0.794. The average Bonchev–Trinajstić information content (AvgIpc) is 2.42. The Kier molecular flexibility index (Phi) is 3.33. The van der Waals surface area contributed by atoms with Gasteiger partial charge in [0, 0.05) is 17.3 Å². The lowest BCUT2D eigenvalue weighted by Crippen LogP contribution is -2.50. The van der Waals surface area contributed by atoms with E-state index in [0.29, 0.717) is 17.5 Å². The van der Waals surface area contributed by atoms with Crippen molar-refractivity contribution in [2.45, 2.75) is 37.8 Å². The molecule has 5 heteroatoms. The van der Waals surface area contributed by atoms with Crippen molar-refractivity contribution >= 4 is 21.6 Å². The first-order chi connectivity index (χ1) is 6.99. The van der Waals surface area contributed by atoms with E-state index in [1.807, 2.05) is 11.8 Å². The van der Waals surface area contributed by atoms with E-state index in [1.54, 1.807) is 0 Å². The minimum absolute atomic E-state index is 0.165. The molecule has 0 spiro atoms. The molecule has 2 atom stereocenters. The number of rotatable bonds is 2. The Hall–Kier alpha value is 0.260. The summed E-state index contributed by atoms with van der Waals surface area (Å²) in [6.07, 6.45) is 3.23. The summed E-state index contributed by atoms with van der Waals surface area (Å²) in [7, 11) is -2.77. The van der Waals surface area contributed by atoms with Crippen LogP contribution in [-0.4, -0.2) is 43.0 Å². The fraction of sp³-hybridized carbons (Fsp3) is 1.00. The van der Waals surface area contributed by atoms with E-state index in [2.05, 4.69) is 12.2 Å². The average molecular weight is 249 g/mol. The van der Waals surface area contributed by atoms with E-state index >= 15 is 0 Å². The fourth-order valence-corrected chi connectivity index (χ4v) is 5.65. The lowest BCUT2D eigenvalue weighted by atomic mass is 9.99. The molecule has 0 aliphatic carbocycles. The highest BCUT2D eigenvalue weighted by molar-refractivity contribution is 7.99. The Bertz CT molecular complexity index is 322. The minimum atomic E-state index is -2.77. The van der Waals surface area contributed by atoms with Crippen LogP contribution in [-0.2, 0) is 9.84 Å². The summed E-state index contributed by atoms with van der Waals surface area (Å²) < 4.78 is 22.9. The standard InChI is InChI=1S/C10H19NO2S2/c1-10(4-6-15(12,13)8-10)11-9-3-2-5-14-7-9/h9,11H,2-8H2,1H3. The van der Waals surface area contributed by atoms with E-state index in [9.17, 15) is 8.42 Å². The largest absolute Gasteiger partial charge is 0.307 e. The molecule has 0 amide bonds. The second-order valence-electron chi connectivity index (χ2n) is 4.96. The van der Waals surface area contributed by atoms with Crippen molar-refractivity contribution in [1.82, 2.24) is 5.32 Å². The molecular formula is C10H19NO2S2. The molecule has 2 aliphatic heterocycles. The Balaban J connectivity index is 1.93. The Morgan fingerprint density at radius 1 is 1.47 bits per heavy atom. The molecule has 88 valence electrons. The summed E-state index contributed by atoms with van der Waals surface area (Å²) in [5.74, 6) is 3.07. The van der Waals surface area contributed by atoms with Gasteiger partial charge in [-0.15, -0.1) is 0 Å². The van der Waals surface area contributed by atoms with Gasteiger partial charge in [-0.2, -0.15) is 11.8 Å². The maximum atomic E-state index is 11.4. The maximum Gasteiger partial charge on any atom is 0.152 e. The van der Waals surface area contributed by atoms with Crippen LogP contribution in [0.15, 0.2) is 0 Å². The summed E-state index contributed by atoms with van der Waals surface area (Å²) in [6, 6.07) is 0.516. The summed E-state index contributed by atoms with van der Waals surface area (Å²) in [5, 5.41) is 3.55. The highest BCUT2D eigenvalue weighted by Gasteiger charge is 2.39. The van der Waals surface area contributed by atoms with Gasteiger partial charge in [0.05, 0.1) is 11.5 Å². The summed E-state index contributed by atoms with van der Waals surface area (Å²) in [6.45, 7) is 2.05. The van der Waals surface area contributed by atoms with Crippen LogP contribution >= 0.6 is 11.8 Å². The third-order valence-corrected chi connectivity index (χ3v) is 6.33. The van der Waals surface area contributed by atoms with Gasteiger partial charge in [-0.1, -0.05) is 0 Å². The van der Waals surface area contributed by atoms with E-state index in [0.717, 1.165) is 12.2 Å². The summed E-state index contributed by atoms with van der Waals surface area (Å²) in [4.78, 5) is 0. The second-order valence-corrected chi connectivity index (χ2v) is 8.29. The van der Waals surface area contributed by atoms with Crippen LogP contribution in [0, 0.1) is 0 Å². The van der Waals surface area contributed by atoms with E-state index in [4.69, 9.17) is 0 Å². The van der Waals surface area contributed by atoms with Crippen molar-refractivity contribution in [2.75, 3.05) is 23.0 Å². The van der Waals surface area contributed by atoms with Crippen LogP contribution in [0.1, 0.15) is 26.2 Å². The van der Waals surface area contributed by atoms with Crippen molar-refractivity contribution in [3.05, 3.63) is 0 Å². The van der Waals surface area contributed by atoms with Crippen molar-refractivity contribution < 1.29 is 8.42 Å². The van der Waals surface area contributed by atoms with E-state index in [1.165, 1.54) is 18.6 Å². The van der Waals surface area contributed by atoms with Gasteiger partial charge in [0.2, 0.25) is 0 Å². The highest BCUT2D eigenvalue weighted by atomic mass is 32.2. The van der Waals surface area contributed by atoms with Crippen LogP contribution in [0.3, 0.4) is 0 Å². The smallest absolute Gasteiger partial charge is 0.152 e. The zero-order chi connectivity index (χ0) is 10.9. The molecular weight excluding hydrogens is 230 g/mol. The molecule has 2 rings (SSSR count). The van der Waals surface area contributed by atoms with Gasteiger partial charge in [-0.05, 0) is 31.9 Å². The zero-order valence-electron chi connectivity index (χ0n) is 9.16. The predicted octanol–water partition coefficient (Wildman–Crippen LogP) is 1.05. The predicted molar refractivity (Wildman–Crippen MR) is 65.2 cm³/mol. The summed E-state index contributed by atoms with van der Waals surface area (Å²) in [5.41, 5.74) is -0.165. The number of hydrogen-bond donors (Lipinski definition) is 1. The first-order valence-electron chi connectivity index (χ1n) is 5.55. The third-order valence-electron chi connectivity index (χ3n) is 3.22. The molecule has 2 unspecified atom stereocenters. The number of sulfone groups is 1. The first-order valence-corrected chi connectivity index (χ1v) is 8.53. The first kappa shape index (κ1) is 11.7. The van der Waals surface area contributed by atoms with E-state index < -0.39 is 9.84 Å². The minimum Gasteiger partial charge on any atom is -0.307 e. The van der Waals surface area contributed by atoms with Gasteiger partial charge in [0.1, 0.15) is 0 Å². The summed E-state index contributed by atoms with van der Waals surface area (Å²) >= 11 is 1.97. The molecule has 0 radical (unpaired) electrons. The molecule has 1 N–H and O–H groups in total. The molecule has 0 saturated carbocycles. The molecule has 0 bridgehead atoms.